The Bertz CT molecular complexity index is 282. The number of rotatable bonds is 2. The highest BCUT2D eigenvalue weighted by molar-refractivity contribution is 5.92. The van der Waals surface area contributed by atoms with Crippen LogP contribution in [0.25, 0.3) is 0 Å². The van der Waals surface area contributed by atoms with E-state index in [0.29, 0.717) is 5.69 Å². The second-order valence-electron chi connectivity index (χ2n) is 2.04. The van der Waals surface area contributed by atoms with Crippen LogP contribution in [0.3, 0.4) is 0 Å². The van der Waals surface area contributed by atoms with Gasteiger partial charge in [-0.15, -0.1) is 0 Å². The summed E-state index contributed by atoms with van der Waals surface area (Å²) in [5.41, 5.74) is 2.68. The van der Waals surface area contributed by atoms with Crippen molar-refractivity contribution in [1.29, 1.82) is 0 Å². The molecule has 4 heteroatoms. The maximum absolute atomic E-state index is 11.1. The van der Waals surface area contributed by atoms with Crippen molar-refractivity contribution in [2.24, 2.45) is 5.10 Å². The van der Waals surface area contributed by atoms with Crippen molar-refractivity contribution in [2.45, 2.75) is 6.92 Å². The number of carbonyl (C=O) groups excluding carboxylic acids is 1. The van der Waals surface area contributed by atoms with Crippen LogP contribution < -0.4 is 5.43 Å². The van der Waals surface area contributed by atoms with E-state index in [-0.39, 0.29) is 5.91 Å². The van der Waals surface area contributed by atoms with Crippen LogP contribution >= 0.6 is 0 Å². The first-order valence-electron chi connectivity index (χ1n) is 3.53. The van der Waals surface area contributed by atoms with Gasteiger partial charge in [0.2, 0.25) is 0 Å². The van der Waals surface area contributed by atoms with Gasteiger partial charge in [0.25, 0.3) is 5.91 Å². The molecule has 1 rings (SSSR count). The van der Waals surface area contributed by atoms with Crippen molar-refractivity contribution in [2.75, 3.05) is 0 Å². The lowest BCUT2D eigenvalue weighted by atomic mass is 10.3. The lowest BCUT2D eigenvalue weighted by Gasteiger charge is -1.96. The van der Waals surface area contributed by atoms with Gasteiger partial charge in [0.05, 0.1) is 0 Å². The summed E-state index contributed by atoms with van der Waals surface area (Å²) >= 11 is 0. The average Bonchev–Trinajstić information content (AvgIpc) is 2.15. The number of hydrogen-bond acceptors (Lipinski definition) is 3. The molecule has 1 aromatic rings. The molecule has 4 nitrogen and oxygen atoms in total. The summed E-state index contributed by atoms with van der Waals surface area (Å²) in [7, 11) is 0. The minimum absolute atomic E-state index is 0.297. The molecule has 62 valence electrons. The Morgan fingerprint density at radius 3 is 3.08 bits per heavy atom. The molecule has 0 saturated heterocycles. The van der Waals surface area contributed by atoms with Crippen LogP contribution in [-0.2, 0) is 0 Å². The summed E-state index contributed by atoms with van der Waals surface area (Å²) in [5, 5.41) is 3.58. The van der Waals surface area contributed by atoms with E-state index in [9.17, 15) is 4.79 Å². The van der Waals surface area contributed by atoms with E-state index in [0.717, 1.165) is 0 Å². The molecular formula is C8H9N3O. The van der Waals surface area contributed by atoms with Crippen LogP contribution in [0.15, 0.2) is 29.5 Å². The van der Waals surface area contributed by atoms with Gasteiger partial charge >= 0.3 is 0 Å². The molecule has 1 aromatic heterocycles. The minimum atomic E-state index is -0.297. The molecule has 1 heterocycles. The van der Waals surface area contributed by atoms with E-state index in [1.165, 1.54) is 6.21 Å². The quantitative estimate of drug-likeness (QED) is 0.518. The largest absolute Gasteiger partial charge is 0.289 e. The van der Waals surface area contributed by atoms with Gasteiger partial charge in [-0.3, -0.25) is 9.78 Å². The van der Waals surface area contributed by atoms with Crippen molar-refractivity contribution in [1.82, 2.24) is 10.4 Å². The average molecular weight is 163 g/mol. The van der Waals surface area contributed by atoms with Crippen LogP contribution in [0.2, 0.25) is 0 Å². The third kappa shape index (κ3) is 2.16. The van der Waals surface area contributed by atoms with E-state index in [4.69, 9.17) is 0 Å². The Labute approximate surface area is 70.3 Å². The predicted molar refractivity (Wildman–Crippen MR) is 45.9 cm³/mol. The Morgan fingerprint density at radius 2 is 2.50 bits per heavy atom. The summed E-state index contributed by atoms with van der Waals surface area (Å²) in [6.07, 6.45) is 3.06. The second kappa shape index (κ2) is 4.23. The number of carbonyl (C=O) groups is 1. The Hall–Kier alpha value is -1.71. The van der Waals surface area contributed by atoms with Gasteiger partial charge in [-0.2, -0.15) is 5.10 Å². The fourth-order valence-corrected chi connectivity index (χ4v) is 0.678. The van der Waals surface area contributed by atoms with Gasteiger partial charge in [0.15, 0.2) is 0 Å². The molecule has 0 spiro atoms. The van der Waals surface area contributed by atoms with E-state index in [1.54, 1.807) is 31.3 Å². The molecule has 12 heavy (non-hydrogen) atoms. The standard InChI is InChI=1S/C8H9N3O/c1-2-10-11-8(12)7-5-3-4-6-9-7/h2-6H,1H3,(H,11,12)/b10-2-. The van der Waals surface area contributed by atoms with Gasteiger partial charge in [0.1, 0.15) is 5.69 Å². The molecule has 0 aliphatic rings. The normalized spacial score (nSPS) is 10.1. The van der Waals surface area contributed by atoms with Gasteiger partial charge in [-0.1, -0.05) is 6.07 Å². The summed E-state index contributed by atoms with van der Waals surface area (Å²) in [5.74, 6) is -0.297. The molecule has 0 fully saturated rings. The van der Waals surface area contributed by atoms with Crippen molar-refractivity contribution in [3.05, 3.63) is 30.1 Å². The maximum atomic E-state index is 11.1. The highest BCUT2D eigenvalue weighted by Gasteiger charge is 2.02. The Balaban J connectivity index is 2.66. The van der Waals surface area contributed by atoms with Gasteiger partial charge in [-0.25, -0.2) is 5.43 Å². The Kier molecular flexibility index (Phi) is 2.95. The second-order valence-corrected chi connectivity index (χ2v) is 2.04. The molecule has 0 atom stereocenters. The first kappa shape index (κ1) is 8.39. The number of aromatic nitrogens is 1. The van der Waals surface area contributed by atoms with Crippen LogP contribution in [0, 0.1) is 0 Å². The number of pyridine rings is 1. The van der Waals surface area contributed by atoms with Gasteiger partial charge in [0, 0.05) is 12.4 Å². The summed E-state index contributed by atoms with van der Waals surface area (Å²) < 4.78 is 0. The topological polar surface area (TPSA) is 54.4 Å². The lowest BCUT2D eigenvalue weighted by Crippen LogP contribution is -2.18. The molecule has 1 amide bonds. The summed E-state index contributed by atoms with van der Waals surface area (Å²) in [6, 6.07) is 5.12. The van der Waals surface area contributed by atoms with E-state index in [2.05, 4.69) is 15.5 Å². The van der Waals surface area contributed by atoms with Crippen molar-refractivity contribution in [3.63, 3.8) is 0 Å². The molecule has 0 bridgehead atoms. The zero-order valence-corrected chi connectivity index (χ0v) is 6.69. The van der Waals surface area contributed by atoms with Crippen molar-refractivity contribution >= 4 is 12.1 Å². The highest BCUT2D eigenvalue weighted by atomic mass is 16.2. The fraction of sp³-hybridized carbons (Fsp3) is 0.125. The molecule has 0 radical (unpaired) electrons. The third-order valence-electron chi connectivity index (χ3n) is 1.19. The molecule has 0 unspecified atom stereocenters. The number of hydrazone groups is 1. The van der Waals surface area contributed by atoms with Crippen LogP contribution in [-0.4, -0.2) is 17.1 Å². The van der Waals surface area contributed by atoms with Crippen LogP contribution in [0.4, 0.5) is 0 Å². The maximum Gasteiger partial charge on any atom is 0.289 e. The first-order chi connectivity index (χ1) is 5.84. The van der Waals surface area contributed by atoms with Crippen molar-refractivity contribution < 1.29 is 4.79 Å². The molecule has 0 aliphatic carbocycles. The lowest BCUT2D eigenvalue weighted by molar-refractivity contribution is 0.0950. The smallest absolute Gasteiger partial charge is 0.266 e. The number of hydrogen-bond donors (Lipinski definition) is 1. The minimum Gasteiger partial charge on any atom is -0.266 e. The number of nitrogens with zero attached hydrogens (tertiary/aromatic N) is 2. The monoisotopic (exact) mass is 163 g/mol. The zero-order valence-electron chi connectivity index (χ0n) is 6.69. The fourth-order valence-electron chi connectivity index (χ4n) is 0.678. The number of nitrogens with one attached hydrogen (secondary N) is 1. The molecule has 0 aliphatic heterocycles. The predicted octanol–water partition coefficient (Wildman–Crippen LogP) is 0.817. The summed E-state index contributed by atoms with van der Waals surface area (Å²) in [4.78, 5) is 15.0. The van der Waals surface area contributed by atoms with Gasteiger partial charge < -0.3 is 0 Å². The zero-order chi connectivity index (χ0) is 8.81. The van der Waals surface area contributed by atoms with Crippen molar-refractivity contribution in [3.8, 4) is 0 Å². The molecule has 0 saturated carbocycles. The van der Waals surface area contributed by atoms with Gasteiger partial charge in [-0.05, 0) is 19.1 Å². The van der Waals surface area contributed by atoms with E-state index >= 15 is 0 Å². The first-order valence-corrected chi connectivity index (χ1v) is 3.53. The number of amides is 1. The van der Waals surface area contributed by atoms with E-state index in [1.807, 2.05) is 0 Å². The molecule has 0 aromatic carbocycles. The van der Waals surface area contributed by atoms with Crippen LogP contribution in [0.1, 0.15) is 17.4 Å². The van der Waals surface area contributed by atoms with E-state index < -0.39 is 0 Å². The highest BCUT2D eigenvalue weighted by Crippen LogP contribution is 1.91. The third-order valence-corrected chi connectivity index (χ3v) is 1.19. The molecular weight excluding hydrogens is 154 g/mol. The van der Waals surface area contributed by atoms with Crippen LogP contribution in [0.5, 0.6) is 0 Å². The SMILES string of the molecule is C/C=N\NC(=O)c1ccccn1. The Morgan fingerprint density at radius 1 is 1.67 bits per heavy atom. The molecule has 1 N–H and O–H groups in total. The summed E-state index contributed by atoms with van der Waals surface area (Å²) in [6.45, 7) is 1.72.